The number of aromatic nitrogens is 1. The quantitative estimate of drug-likeness (QED) is 0.398. The molecule has 1 fully saturated rings. The van der Waals surface area contributed by atoms with Crippen LogP contribution in [0.15, 0.2) is 41.3 Å². The number of amides is 1. The summed E-state index contributed by atoms with van der Waals surface area (Å²) in [5.41, 5.74) is 2.75. The van der Waals surface area contributed by atoms with E-state index in [9.17, 15) is 13.2 Å². The van der Waals surface area contributed by atoms with Crippen LogP contribution in [0.2, 0.25) is 5.02 Å². The summed E-state index contributed by atoms with van der Waals surface area (Å²) in [6.45, 7) is 5.94. The summed E-state index contributed by atoms with van der Waals surface area (Å²) in [5, 5.41) is 1.33. The lowest BCUT2D eigenvalue weighted by Gasteiger charge is -2.33. The van der Waals surface area contributed by atoms with Crippen molar-refractivity contribution in [1.29, 1.82) is 0 Å². The third-order valence-corrected chi connectivity index (χ3v) is 10.0. The molecule has 0 aliphatic carbocycles. The van der Waals surface area contributed by atoms with Crippen molar-refractivity contribution in [3.05, 3.63) is 52.5 Å². The number of carbonyl (C=O) groups excluding carboxylic acids is 1. The Bertz CT molecular complexity index is 1330. The van der Waals surface area contributed by atoms with E-state index in [0.29, 0.717) is 47.5 Å². The first-order valence-corrected chi connectivity index (χ1v) is 14.8. The number of benzene rings is 2. The van der Waals surface area contributed by atoms with Crippen LogP contribution in [-0.2, 0) is 14.8 Å². The normalized spacial score (nSPS) is 15.6. The number of halogens is 1. The molecule has 1 aromatic heterocycles. The number of rotatable bonds is 8. The predicted octanol–water partition coefficient (Wildman–Crippen LogP) is 4.95. The highest BCUT2D eigenvalue weighted by atomic mass is 35.5. The molecule has 1 aliphatic rings. The van der Waals surface area contributed by atoms with Crippen LogP contribution in [0, 0.1) is 19.8 Å². The summed E-state index contributed by atoms with van der Waals surface area (Å²) < 4.78 is 28.7. The molecule has 0 unspecified atom stereocenters. The Morgan fingerprint density at radius 3 is 2.39 bits per heavy atom. The lowest BCUT2D eigenvalue weighted by molar-refractivity contribution is -0.123. The molecule has 10 heteroatoms. The van der Waals surface area contributed by atoms with Crippen molar-refractivity contribution >= 4 is 54.2 Å². The van der Waals surface area contributed by atoms with E-state index in [1.165, 1.54) is 15.6 Å². The topological polar surface area (TPSA) is 73.8 Å². The molecule has 0 spiro atoms. The minimum absolute atomic E-state index is 0.0175. The molecule has 1 amide bonds. The highest BCUT2D eigenvalue weighted by Crippen LogP contribution is 2.35. The molecule has 0 bridgehead atoms. The van der Waals surface area contributed by atoms with Gasteiger partial charge >= 0.3 is 0 Å². The maximum Gasteiger partial charge on any atom is 0.243 e. The lowest BCUT2D eigenvalue weighted by atomic mass is 9.96. The van der Waals surface area contributed by atoms with E-state index in [1.807, 2.05) is 52.2 Å². The molecule has 1 saturated heterocycles. The van der Waals surface area contributed by atoms with Crippen molar-refractivity contribution in [3.63, 3.8) is 0 Å². The van der Waals surface area contributed by atoms with Crippen molar-refractivity contribution in [2.75, 3.05) is 45.2 Å². The monoisotopic (exact) mass is 548 g/mol. The summed E-state index contributed by atoms with van der Waals surface area (Å²) in [5.74, 6) is -0.227. The first-order chi connectivity index (χ1) is 17.1. The third kappa shape index (κ3) is 5.75. The number of sulfonamides is 1. The Kier molecular flexibility index (Phi) is 8.36. The molecule has 7 nitrogen and oxygen atoms in total. The van der Waals surface area contributed by atoms with Crippen LogP contribution in [0.1, 0.15) is 30.4 Å². The van der Waals surface area contributed by atoms with E-state index in [1.54, 1.807) is 17.0 Å². The molecular formula is C26H33ClN4O3S2. The van der Waals surface area contributed by atoms with Crippen molar-refractivity contribution in [2.45, 2.75) is 38.0 Å². The first-order valence-electron chi connectivity index (χ1n) is 12.2. The molecule has 194 valence electrons. The number of fused-ring (bicyclic) bond motifs is 1. The third-order valence-electron chi connectivity index (χ3n) is 6.68. The standard InChI is InChI=1S/C26H33ClN4O3S2/c1-18-6-8-21(9-7-18)36(33,34)30-16-12-20(13-17-30)25(32)31(15-5-14-29(3)4)26-28-24-19(2)22(27)10-11-23(24)35-26/h6-11,20H,5,12-17H2,1-4H3. The number of nitrogens with zero attached hydrogens (tertiary/aromatic N) is 4. The highest BCUT2D eigenvalue weighted by Gasteiger charge is 2.35. The number of piperidine rings is 1. The van der Waals surface area contributed by atoms with E-state index in [4.69, 9.17) is 16.6 Å². The Balaban J connectivity index is 1.52. The van der Waals surface area contributed by atoms with E-state index in [0.717, 1.165) is 34.3 Å². The zero-order valence-electron chi connectivity index (χ0n) is 21.2. The van der Waals surface area contributed by atoms with Crippen LogP contribution in [0.4, 0.5) is 5.13 Å². The number of aryl methyl sites for hydroxylation is 2. The van der Waals surface area contributed by atoms with Gasteiger partial charge in [0.05, 0.1) is 15.1 Å². The van der Waals surface area contributed by atoms with E-state index in [-0.39, 0.29) is 11.8 Å². The minimum Gasteiger partial charge on any atom is -0.309 e. The van der Waals surface area contributed by atoms with Crippen molar-refractivity contribution in [3.8, 4) is 0 Å². The molecule has 2 aromatic carbocycles. The van der Waals surface area contributed by atoms with Crippen LogP contribution >= 0.6 is 22.9 Å². The van der Waals surface area contributed by atoms with Gasteiger partial charge in [-0.2, -0.15) is 4.31 Å². The Morgan fingerprint density at radius 2 is 1.75 bits per heavy atom. The summed E-state index contributed by atoms with van der Waals surface area (Å²) in [4.78, 5) is 22.8. The fourth-order valence-electron chi connectivity index (χ4n) is 4.47. The van der Waals surface area contributed by atoms with Crippen LogP contribution in [0.3, 0.4) is 0 Å². The smallest absolute Gasteiger partial charge is 0.243 e. The second kappa shape index (κ2) is 11.1. The molecule has 4 rings (SSSR count). The average Bonchev–Trinajstić information content (AvgIpc) is 3.29. The molecule has 1 aliphatic heterocycles. The molecular weight excluding hydrogens is 516 g/mol. The zero-order valence-corrected chi connectivity index (χ0v) is 23.6. The Morgan fingerprint density at radius 1 is 1.08 bits per heavy atom. The van der Waals surface area contributed by atoms with Gasteiger partial charge in [0.15, 0.2) is 5.13 Å². The molecule has 2 heterocycles. The largest absolute Gasteiger partial charge is 0.309 e. The van der Waals surface area contributed by atoms with Crippen molar-refractivity contribution < 1.29 is 13.2 Å². The number of carbonyl (C=O) groups is 1. The van der Waals surface area contributed by atoms with Gasteiger partial charge in [-0.3, -0.25) is 9.69 Å². The molecule has 3 aromatic rings. The number of hydrogen-bond donors (Lipinski definition) is 0. The van der Waals surface area contributed by atoms with E-state index in [2.05, 4.69) is 4.90 Å². The number of thiazole rings is 1. The molecule has 0 saturated carbocycles. The van der Waals surface area contributed by atoms with Crippen molar-refractivity contribution in [1.82, 2.24) is 14.2 Å². The summed E-state index contributed by atoms with van der Waals surface area (Å²) in [6, 6.07) is 10.7. The average molecular weight is 549 g/mol. The molecule has 36 heavy (non-hydrogen) atoms. The first kappa shape index (κ1) is 27.0. The van der Waals surface area contributed by atoms with E-state index >= 15 is 0 Å². The summed E-state index contributed by atoms with van der Waals surface area (Å²) in [7, 11) is 0.457. The second-order valence-electron chi connectivity index (χ2n) is 9.65. The van der Waals surface area contributed by atoms with Crippen LogP contribution in [0.25, 0.3) is 10.2 Å². The Labute approximate surface area is 222 Å². The highest BCUT2D eigenvalue weighted by molar-refractivity contribution is 7.89. The number of hydrogen-bond acceptors (Lipinski definition) is 6. The SMILES string of the molecule is Cc1ccc(S(=O)(=O)N2CCC(C(=O)N(CCCN(C)C)c3nc4c(C)c(Cl)ccc4s3)CC2)cc1. The van der Waals surface area contributed by atoms with Gasteiger partial charge in [-0.15, -0.1) is 0 Å². The predicted molar refractivity (Wildman–Crippen MR) is 148 cm³/mol. The van der Waals surface area contributed by atoms with Crippen LogP contribution in [0.5, 0.6) is 0 Å². The molecule has 0 N–H and O–H groups in total. The van der Waals surface area contributed by atoms with E-state index < -0.39 is 10.0 Å². The van der Waals surface area contributed by atoms with Crippen LogP contribution in [-0.4, -0.2) is 68.8 Å². The fourth-order valence-corrected chi connectivity index (χ4v) is 7.15. The number of anilines is 1. The Hall–Kier alpha value is -2.04. The minimum atomic E-state index is -3.57. The van der Waals surface area contributed by atoms with Gasteiger partial charge < -0.3 is 4.90 Å². The summed E-state index contributed by atoms with van der Waals surface area (Å²) >= 11 is 7.80. The van der Waals surface area contributed by atoms with Gasteiger partial charge in [-0.05, 0) is 83.6 Å². The van der Waals surface area contributed by atoms with Gasteiger partial charge in [0, 0.05) is 30.6 Å². The fraction of sp³-hybridized carbons (Fsp3) is 0.462. The van der Waals surface area contributed by atoms with Gasteiger partial charge in [0.1, 0.15) is 0 Å². The second-order valence-corrected chi connectivity index (χ2v) is 13.0. The van der Waals surface area contributed by atoms with Crippen LogP contribution < -0.4 is 4.90 Å². The van der Waals surface area contributed by atoms with Gasteiger partial charge in [0.2, 0.25) is 15.9 Å². The lowest BCUT2D eigenvalue weighted by Crippen LogP contribution is -2.45. The van der Waals surface area contributed by atoms with Gasteiger partial charge in [0.25, 0.3) is 0 Å². The molecule has 0 atom stereocenters. The summed E-state index contributed by atoms with van der Waals surface area (Å²) in [6.07, 6.45) is 1.79. The zero-order chi connectivity index (χ0) is 26.0. The maximum atomic E-state index is 13.8. The maximum absolute atomic E-state index is 13.8. The molecule has 0 radical (unpaired) electrons. The van der Waals surface area contributed by atoms with Crippen molar-refractivity contribution in [2.24, 2.45) is 5.92 Å². The van der Waals surface area contributed by atoms with Gasteiger partial charge in [-0.1, -0.05) is 40.6 Å². The van der Waals surface area contributed by atoms with Gasteiger partial charge in [-0.25, -0.2) is 13.4 Å².